The van der Waals surface area contributed by atoms with Gasteiger partial charge in [-0.2, -0.15) is 0 Å². The van der Waals surface area contributed by atoms with Gasteiger partial charge in [-0.15, -0.1) is 22.9 Å². The molecule has 0 unspecified atom stereocenters. The van der Waals surface area contributed by atoms with Crippen molar-refractivity contribution < 1.29 is 0 Å². The zero-order valence-corrected chi connectivity index (χ0v) is 12.7. The standard InChI is InChI=1S/C16H20ClNS/c17-11-16(7-3-4-8-16)12-18-9-13-10-19-15-6-2-1-5-14(13)15/h1-2,5-6,10,18H,3-4,7-9,11-12H2. The molecule has 0 saturated heterocycles. The third-order valence-corrected chi connectivity index (χ3v) is 5.90. The number of hydrogen-bond donors (Lipinski definition) is 1. The van der Waals surface area contributed by atoms with Gasteiger partial charge in [0.05, 0.1) is 0 Å². The minimum Gasteiger partial charge on any atom is -0.312 e. The minimum atomic E-state index is 0.355. The van der Waals surface area contributed by atoms with Crippen LogP contribution in [0, 0.1) is 5.41 Å². The van der Waals surface area contributed by atoms with Crippen LogP contribution in [-0.2, 0) is 6.54 Å². The van der Waals surface area contributed by atoms with E-state index < -0.39 is 0 Å². The highest BCUT2D eigenvalue weighted by Gasteiger charge is 2.32. The Balaban J connectivity index is 1.63. The molecule has 1 saturated carbocycles. The number of thiophene rings is 1. The van der Waals surface area contributed by atoms with Crippen LogP contribution in [0.3, 0.4) is 0 Å². The smallest absolute Gasteiger partial charge is 0.0346 e. The van der Waals surface area contributed by atoms with Crippen LogP contribution in [0.1, 0.15) is 31.2 Å². The molecule has 1 heterocycles. The van der Waals surface area contributed by atoms with Crippen LogP contribution in [0.5, 0.6) is 0 Å². The Labute approximate surface area is 124 Å². The molecule has 1 aliphatic rings. The maximum Gasteiger partial charge on any atom is 0.0346 e. The van der Waals surface area contributed by atoms with Gasteiger partial charge < -0.3 is 5.32 Å². The summed E-state index contributed by atoms with van der Waals surface area (Å²) in [5, 5.41) is 7.31. The summed E-state index contributed by atoms with van der Waals surface area (Å²) < 4.78 is 1.38. The van der Waals surface area contributed by atoms with Crippen molar-refractivity contribution >= 4 is 33.0 Å². The van der Waals surface area contributed by atoms with Gasteiger partial charge in [0.1, 0.15) is 0 Å². The van der Waals surface area contributed by atoms with E-state index >= 15 is 0 Å². The van der Waals surface area contributed by atoms with Crippen molar-refractivity contribution in [2.45, 2.75) is 32.2 Å². The highest BCUT2D eigenvalue weighted by Crippen LogP contribution is 2.38. The monoisotopic (exact) mass is 293 g/mol. The average molecular weight is 294 g/mol. The van der Waals surface area contributed by atoms with E-state index in [1.807, 2.05) is 11.3 Å². The fourth-order valence-corrected chi connectivity index (χ4v) is 4.44. The van der Waals surface area contributed by atoms with Crippen molar-refractivity contribution in [3.63, 3.8) is 0 Å². The summed E-state index contributed by atoms with van der Waals surface area (Å²) >= 11 is 8.02. The van der Waals surface area contributed by atoms with Crippen LogP contribution in [0.4, 0.5) is 0 Å². The molecule has 3 heteroatoms. The van der Waals surface area contributed by atoms with E-state index in [9.17, 15) is 0 Å². The fraction of sp³-hybridized carbons (Fsp3) is 0.500. The number of benzene rings is 1. The van der Waals surface area contributed by atoms with Gasteiger partial charge in [-0.3, -0.25) is 0 Å². The summed E-state index contributed by atoms with van der Waals surface area (Å²) in [6.45, 7) is 2.02. The first-order valence-corrected chi connectivity index (χ1v) is 8.46. The zero-order chi connectivity index (χ0) is 13.1. The lowest BCUT2D eigenvalue weighted by Crippen LogP contribution is -2.33. The molecular weight excluding hydrogens is 274 g/mol. The first-order valence-electron chi connectivity index (χ1n) is 7.05. The number of alkyl halides is 1. The molecule has 0 radical (unpaired) electrons. The maximum absolute atomic E-state index is 6.18. The Morgan fingerprint density at radius 3 is 2.79 bits per heavy atom. The van der Waals surface area contributed by atoms with Gasteiger partial charge in [-0.05, 0) is 40.7 Å². The quantitative estimate of drug-likeness (QED) is 0.782. The zero-order valence-electron chi connectivity index (χ0n) is 11.1. The first-order chi connectivity index (χ1) is 9.33. The van der Waals surface area contributed by atoms with Gasteiger partial charge in [0.15, 0.2) is 0 Å². The van der Waals surface area contributed by atoms with Crippen LogP contribution in [0.15, 0.2) is 29.6 Å². The summed E-state index contributed by atoms with van der Waals surface area (Å²) in [6.07, 6.45) is 5.26. The summed E-state index contributed by atoms with van der Waals surface area (Å²) in [4.78, 5) is 0. The lowest BCUT2D eigenvalue weighted by molar-refractivity contribution is 0.320. The first kappa shape index (κ1) is 13.4. The summed E-state index contributed by atoms with van der Waals surface area (Å²) in [6, 6.07) is 8.64. The molecule has 19 heavy (non-hydrogen) atoms. The minimum absolute atomic E-state index is 0.355. The predicted octanol–water partition coefficient (Wildman–Crippen LogP) is 4.79. The van der Waals surface area contributed by atoms with Crippen molar-refractivity contribution in [2.24, 2.45) is 5.41 Å². The molecule has 1 aromatic heterocycles. The third kappa shape index (κ3) is 2.81. The molecule has 0 aliphatic heterocycles. The van der Waals surface area contributed by atoms with Crippen molar-refractivity contribution in [1.82, 2.24) is 5.32 Å². The number of nitrogens with one attached hydrogen (secondary N) is 1. The highest BCUT2D eigenvalue weighted by molar-refractivity contribution is 7.17. The molecule has 102 valence electrons. The van der Waals surface area contributed by atoms with Crippen LogP contribution < -0.4 is 5.32 Å². The normalized spacial score (nSPS) is 18.2. The topological polar surface area (TPSA) is 12.0 Å². The Morgan fingerprint density at radius 2 is 2.00 bits per heavy atom. The van der Waals surface area contributed by atoms with Crippen molar-refractivity contribution in [3.05, 3.63) is 35.2 Å². The largest absolute Gasteiger partial charge is 0.312 e. The average Bonchev–Trinajstić information content (AvgIpc) is 3.07. The number of rotatable bonds is 5. The molecule has 0 amide bonds. The molecule has 2 aromatic rings. The van der Waals surface area contributed by atoms with Gasteiger partial charge >= 0.3 is 0 Å². The van der Waals surface area contributed by atoms with Gasteiger partial charge in [-0.25, -0.2) is 0 Å². The van der Waals surface area contributed by atoms with Gasteiger partial charge in [-0.1, -0.05) is 31.0 Å². The van der Waals surface area contributed by atoms with E-state index in [1.54, 1.807) is 0 Å². The van der Waals surface area contributed by atoms with E-state index in [0.717, 1.165) is 19.0 Å². The molecule has 0 atom stereocenters. The second-order valence-corrected chi connectivity index (χ2v) is 6.88. The van der Waals surface area contributed by atoms with Gasteiger partial charge in [0.25, 0.3) is 0 Å². The second-order valence-electron chi connectivity index (χ2n) is 5.70. The number of halogens is 1. The molecule has 1 aromatic carbocycles. The third-order valence-electron chi connectivity index (χ3n) is 4.32. The fourth-order valence-electron chi connectivity index (χ4n) is 3.11. The van der Waals surface area contributed by atoms with Gasteiger partial charge in [0.2, 0.25) is 0 Å². The second kappa shape index (κ2) is 5.82. The molecule has 3 rings (SSSR count). The molecule has 1 fully saturated rings. The molecular formula is C16H20ClNS. The van der Waals surface area contributed by atoms with Crippen LogP contribution >= 0.6 is 22.9 Å². The van der Waals surface area contributed by atoms with Crippen molar-refractivity contribution in [3.8, 4) is 0 Å². The lowest BCUT2D eigenvalue weighted by Gasteiger charge is -2.26. The summed E-state index contributed by atoms with van der Waals surface area (Å²) in [5.74, 6) is 0.796. The van der Waals surface area contributed by atoms with E-state index in [0.29, 0.717) is 5.41 Å². The summed E-state index contributed by atoms with van der Waals surface area (Å²) in [5.41, 5.74) is 1.77. The molecule has 0 bridgehead atoms. The van der Waals surface area contributed by atoms with E-state index in [2.05, 4.69) is 35.0 Å². The van der Waals surface area contributed by atoms with Crippen molar-refractivity contribution in [1.29, 1.82) is 0 Å². The molecule has 1 aliphatic carbocycles. The van der Waals surface area contributed by atoms with Crippen LogP contribution in [0.25, 0.3) is 10.1 Å². The van der Waals surface area contributed by atoms with Crippen LogP contribution in [-0.4, -0.2) is 12.4 Å². The van der Waals surface area contributed by atoms with Crippen LogP contribution in [0.2, 0.25) is 0 Å². The SMILES string of the molecule is ClCC1(CNCc2csc3ccccc23)CCCC1. The Bertz CT molecular complexity index is 542. The maximum atomic E-state index is 6.18. The lowest BCUT2D eigenvalue weighted by atomic mass is 9.88. The molecule has 1 N–H and O–H groups in total. The van der Waals surface area contributed by atoms with E-state index in [-0.39, 0.29) is 0 Å². The van der Waals surface area contributed by atoms with E-state index in [4.69, 9.17) is 11.6 Å². The van der Waals surface area contributed by atoms with Crippen molar-refractivity contribution in [2.75, 3.05) is 12.4 Å². The van der Waals surface area contributed by atoms with Gasteiger partial charge in [0, 0.05) is 23.7 Å². The Kier molecular flexibility index (Phi) is 4.11. The summed E-state index contributed by atoms with van der Waals surface area (Å²) in [7, 11) is 0. The highest BCUT2D eigenvalue weighted by atomic mass is 35.5. The Morgan fingerprint density at radius 1 is 1.21 bits per heavy atom. The molecule has 0 spiro atoms. The Hall–Kier alpha value is -0.570. The number of fused-ring (bicyclic) bond motifs is 1. The number of hydrogen-bond acceptors (Lipinski definition) is 2. The predicted molar refractivity (Wildman–Crippen MR) is 85.2 cm³/mol. The molecule has 1 nitrogen and oxygen atoms in total. The van der Waals surface area contributed by atoms with E-state index in [1.165, 1.54) is 41.3 Å².